The summed E-state index contributed by atoms with van der Waals surface area (Å²) in [6.45, 7) is 0. The third-order valence-corrected chi connectivity index (χ3v) is 4.95. The van der Waals surface area contributed by atoms with E-state index in [1.165, 1.54) is 0 Å². The Kier molecular flexibility index (Phi) is 7.51. The van der Waals surface area contributed by atoms with Crippen molar-refractivity contribution in [3.8, 4) is 0 Å². The van der Waals surface area contributed by atoms with Gasteiger partial charge >= 0.3 is 17.9 Å². The quantitative estimate of drug-likeness (QED) is 0.288. The lowest BCUT2D eigenvalue weighted by Gasteiger charge is -2.21. The zero-order chi connectivity index (χ0) is 15.1. The summed E-state index contributed by atoms with van der Waals surface area (Å²) in [4.78, 5) is 46.6. The van der Waals surface area contributed by atoms with E-state index >= 15 is 0 Å². The largest absolute Gasteiger partial charge is 0.480 e. The molecule has 1 aliphatic rings. The molecule has 0 amide bonds. The molecule has 0 aliphatic carbocycles. The molecule has 0 spiro atoms. The summed E-state index contributed by atoms with van der Waals surface area (Å²) in [5.74, 6) is -2.64. The van der Waals surface area contributed by atoms with Gasteiger partial charge in [-0.15, -0.1) is 4.33 Å². The maximum absolute atomic E-state index is 11.2. The van der Waals surface area contributed by atoms with Crippen molar-refractivity contribution in [3.05, 3.63) is 0 Å². The van der Waals surface area contributed by atoms with Crippen molar-refractivity contribution < 1.29 is 38.5 Å². The van der Waals surface area contributed by atoms with E-state index in [1.54, 1.807) is 0 Å². The molecule has 11 heteroatoms. The topological polar surface area (TPSA) is 108 Å². The van der Waals surface area contributed by atoms with Gasteiger partial charge in [-0.25, -0.2) is 9.59 Å². The van der Waals surface area contributed by atoms with Crippen molar-refractivity contribution in [1.82, 2.24) is 0 Å². The highest BCUT2D eigenvalue weighted by Crippen LogP contribution is 2.44. The lowest BCUT2D eigenvalue weighted by atomic mass is 10.2. The SMILES string of the molecule is O=C(CS)OO[C@@H]1CC[SH](OOC(=O)CS)[C@H]1C(=O)O. The lowest BCUT2D eigenvalue weighted by molar-refractivity contribution is -0.294. The van der Waals surface area contributed by atoms with Gasteiger partial charge in [0.25, 0.3) is 0 Å². The van der Waals surface area contributed by atoms with Gasteiger partial charge in [0.15, 0.2) is 0 Å². The van der Waals surface area contributed by atoms with Gasteiger partial charge < -0.3 is 5.11 Å². The number of hydrogen-bond acceptors (Lipinski definition) is 9. The van der Waals surface area contributed by atoms with Crippen LogP contribution in [-0.2, 0) is 33.4 Å². The molecular weight excluding hydrogens is 332 g/mol. The van der Waals surface area contributed by atoms with Crippen LogP contribution in [0.15, 0.2) is 0 Å². The summed E-state index contributed by atoms with van der Waals surface area (Å²) in [6, 6.07) is 0. The van der Waals surface area contributed by atoms with Crippen molar-refractivity contribution in [2.45, 2.75) is 17.8 Å². The van der Waals surface area contributed by atoms with Gasteiger partial charge in [-0.2, -0.15) is 30.1 Å². The lowest BCUT2D eigenvalue weighted by Crippen LogP contribution is -2.32. The zero-order valence-corrected chi connectivity index (χ0v) is 12.8. The second-order valence-corrected chi connectivity index (χ2v) is 6.27. The van der Waals surface area contributed by atoms with Crippen molar-refractivity contribution in [1.29, 1.82) is 0 Å². The van der Waals surface area contributed by atoms with Crippen molar-refractivity contribution in [3.63, 3.8) is 0 Å². The zero-order valence-electron chi connectivity index (χ0n) is 10.1. The maximum atomic E-state index is 11.2. The van der Waals surface area contributed by atoms with Crippen LogP contribution in [0.3, 0.4) is 0 Å². The minimum absolute atomic E-state index is 0.180. The predicted octanol–water partition coefficient (Wildman–Crippen LogP) is -0.0627. The second kappa shape index (κ2) is 8.62. The molecule has 1 N–H and O–H groups in total. The van der Waals surface area contributed by atoms with E-state index in [9.17, 15) is 14.4 Å². The Morgan fingerprint density at radius 1 is 1.15 bits per heavy atom. The number of rotatable bonds is 7. The number of carboxylic acid groups (broad SMARTS) is 1. The van der Waals surface area contributed by atoms with E-state index in [2.05, 4.69) is 35.0 Å². The average molecular weight is 346 g/mol. The first kappa shape index (κ1) is 17.4. The van der Waals surface area contributed by atoms with Crippen molar-refractivity contribution in [2.24, 2.45) is 0 Å². The first-order valence-electron chi connectivity index (χ1n) is 5.44. The first-order chi connectivity index (χ1) is 9.49. The highest BCUT2D eigenvalue weighted by molar-refractivity contribution is 8.14. The van der Waals surface area contributed by atoms with Gasteiger partial charge in [0, 0.05) is 5.75 Å². The Morgan fingerprint density at radius 3 is 2.30 bits per heavy atom. The number of carbonyl (C=O) groups is 3. The normalized spacial score (nSPS) is 27.0. The van der Waals surface area contributed by atoms with Crippen molar-refractivity contribution >= 4 is 54.3 Å². The van der Waals surface area contributed by atoms with Crippen LogP contribution >= 0.6 is 36.4 Å². The smallest absolute Gasteiger partial charge is 0.353 e. The average Bonchev–Trinajstić information content (AvgIpc) is 2.85. The number of hydrogen-bond donors (Lipinski definition) is 4. The molecule has 116 valence electrons. The standard InChI is InChI=1S/C9H14O8S3/c10-6(3-18)15-14-5-1-2-20(8(5)9(12)13)17-16-7(11)4-19/h5,8,18-20H,1-4H2,(H,12,13)/t5-,8-/m1/s1. The van der Waals surface area contributed by atoms with Gasteiger partial charge in [-0.1, -0.05) is 11.2 Å². The Labute approximate surface area is 128 Å². The van der Waals surface area contributed by atoms with Crippen LogP contribution < -0.4 is 0 Å². The third-order valence-electron chi connectivity index (χ3n) is 2.30. The Morgan fingerprint density at radius 2 is 1.75 bits per heavy atom. The molecule has 0 bridgehead atoms. The van der Waals surface area contributed by atoms with Crippen molar-refractivity contribution in [2.75, 3.05) is 17.3 Å². The monoisotopic (exact) mass is 346 g/mol. The van der Waals surface area contributed by atoms with Gasteiger partial charge in [0.05, 0.1) is 11.5 Å². The molecule has 1 fully saturated rings. The van der Waals surface area contributed by atoms with Crippen LogP contribution in [0.1, 0.15) is 6.42 Å². The molecule has 20 heavy (non-hydrogen) atoms. The minimum atomic E-state index is -1.57. The molecule has 1 rings (SSSR count). The Bertz CT molecular complexity index is 348. The van der Waals surface area contributed by atoms with Gasteiger partial charge in [0.2, 0.25) is 0 Å². The molecule has 0 aromatic carbocycles. The molecule has 1 heterocycles. The Balaban J connectivity index is 2.54. The molecule has 0 radical (unpaired) electrons. The summed E-state index contributed by atoms with van der Waals surface area (Å²) in [5.41, 5.74) is 0. The Hall–Kier alpha value is -0.620. The minimum Gasteiger partial charge on any atom is -0.480 e. The number of carbonyl (C=O) groups excluding carboxylic acids is 2. The molecule has 8 nitrogen and oxygen atoms in total. The summed E-state index contributed by atoms with van der Waals surface area (Å²) in [5, 5.41) is 8.09. The van der Waals surface area contributed by atoms with Gasteiger partial charge in [-0.05, 0) is 6.42 Å². The van der Waals surface area contributed by atoms with Crippen LogP contribution in [0.5, 0.6) is 0 Å². The summed E-state index contributed by atoms with van der Waals surface area (Å²) in [7, 11) is 0. The molecule has 0 aromatic rings. The number of thiol groups is 3. The summed E-state index contributed by atoms with van der Waals surface area (Å²) < 4.78 is 4.84. The molecule has 1 aliphatic heterocycles. The van der Waals surface area contributed by atoms with Crippen LogP contribution in [0.25, 0.3) is 0 Å². The summed E-state index contributed by atoms with van der Waals surface area (Å²) in [6.07, 6.45) is -0.543. The maximum Gasteiger partial charge on any atom is 0.353 e. The molecule has 1 saturated heterocycles. The second-order valence-electron chi connectivity index (χ2n) is 3.65. The molecule has 3 atom stereocenters. The number of carboxylic acids is 1. The van der Waals surface area contributed by atoms with E-state index in [4.69, 9.17) is 14.3 Å². The summed E-state index contributed by atoms with van der Waals surface area (Å²) >= 11 is 5.80. The molecule has 0 saturated carbocycles. The fraction of sp³-hybridized carbons (Fsp3) is 0.667. The van der Waals surface area contributed by atoms with Crippen LogP contribution in [0.4, 0.5) is 0 Å². The number of aliphatic carboxylic acids is 1. The van der Waals surface area contributed by atoms with Crippen LogP contribution in [0.2, 0.25) is 0 Å². The van der Waals surface area contributed by atoms with E-state index in [0.717, 1.165) is 0 Å². The van der Waals surface area contributed by atoms with E-state index < -0.39 is 40.4 Å². The van der Waals surface area contributed by atoms with Gasteiger partial charge in [0.1, 0.15) is 11.4 Å². The predicted molar refractivity (Wildman–Crippen MR) is 75.7 cm³/mol. The molecule has 1 unspecified atom stereocenters. The fourth-order valence-corrected chi connectivity index (χ4v) is 3.52. The van der Waals surface area contributed by atoms with E-state index in [-0.39, 0.29) is 11.5 Å². The molecule has 0 aromatic heterocycles. The molecular formula is C9H14O8S3. The highest BCUT2D eigenvalue weighted by atomic mass is 32.2. The van der Waals surface area contributed by atoms with E-state index in [1.807, 2.05) is 0 Å². The highest BCUT2D eigenvalue weighted by Gasteiger charge is 2.43. The van der Waals surface area contributed by atoms with E-state index in [0.29, 0.717) is 12.2 Å². The third kappa shape index (κ3) is 5.05. The van der Waals surface area contributed by atoms with Gasteiger partial charge in [-0.3, -0.25) is 14.6 Å². The first-order valence-corrected chi connectivity index (χ1v) is 8.22. The van der Waals surface area contributed by atoms with Crippen LogP contribution in [0, 0.1) is 0 Å². The fourth-order valence-electron chi connectivity index (χ4n) is 1.46. The van der Waals surface area contributed by atoms with Crippen LogP contribution in [-0.4, -0.2) is 51.6 Å².